The lowest BCUT2D eigenvalue weighted by Crippen LogP contribution is -2.37. The fourth-order valence-corrected chi connectivity index (χ4v) is 4.62. The third-order valence-corrected chi connectivity index (χ3v) is 6.33. The van der Waals surface area contributed by atoms with Crippen molar-refractivity contribution in [1.29, 1.82) is 0 Å². The maximum atomic E-state index is 11.7. The summed E-state index contributed by atoms with van der Waals surface area (Å²) in [5.74, 6) is 1.90. The van der Waals surface area contributed by atoms with Gasteiger partial charge < -0.3 is 15.8 Å². The van der Waals surface area contributed by atoms with Gasteiger partial charge in [-0.3, -0.25) is 9.48 Å². The van der Waals surface area contributed by atoms with Crippen LogP contribution in [0.2, 0.25) is 0 Å². The lowest BCUT2D eigenvalue weighted by atomic mass is 9.91. The summed E-state index contributed by atoms with van der Waals surface area (Å²) in [6.45, 7) is 3.54. The van der Waals surface area contributed by atoms with Crippen LogP contribution in [0.3, 0.4) is 0 Å². The number of aromatic nitrogens is 3. The summed E-state index contributed by atoms with van der Waals surface area (Å²) in [5, 5.41) is 8.89. The zero-order valence-electron chi connectivity index (χ0n) is 18.9. The Morgan fingerprint density at radius 2 is 1.74 bits per heavy atom. The van der Waals surface area contributed by atoms with Gasteiger partial charge in [0.1, 0.15) is 23.0 Å². The molecule has 4 aromatic rings. The van der Waals surface area contributed by atoms with Crippen LogP contribution in [-0.2, 0) is 4.79 Å². The van der Waals surface area contributed by atoms with Gasteiger partial charge in [0.25, 0.3) is 0 Å². The number of benzene rings is 2. The zero-order chi connectivity index (χ0) is 23.5. The third kappa shape index (κ3) is 4.37. The number of nitrogens with zero attached hydrogens (tertiary/aromatic N) is 3. The number of nitrogens with two attached hydrogens (primary N) is 1. The molecular formula is C27H27N5O2. The van der Waals surface area contributed by atoms with Crippen molar-refractivity contribution in [1.82, 2.24) is 20.1 Å². The Morgan fingerprint density at radius 1 is 1.03 bits per heavy atom. The number of para-hydroxylation sites is 1. The number of anilines is 1. The van der Waals surface area contributed by atoms with Gasteiger partial charge in [-0.1, -0.05) is 24.8 Å². The number of hydrogen-bond donors (Lipinski definition) is 2. The van der Waals surface area contributed by atoms with Crippen molar-refractivity contribution in [2.75, 3.05) is 5.73 Å². The minimum atomic E-state index is -0.117. The van der Waals surface area contributed by atoms with Crippen molar-refractivity contribution < 1.29 is 9.53 Å². The number of ether oxygens (including phenoxy) is 1. The predicted octanol–water partition coefficient (Wildman–Crippen LogP) is 5.26. The highest BCUT2D eigenvalue weighted by atomic mass is 16.5. The van der Waals surface area contributed by atoms with Crippen LogP contribution in [0.1, 0.15) is 31.7 Å². The molecule has 5 rings (SSSR count). The Morgan fingerprint density at radius 3 is 2.44 bits per heavy atom. The van der Waals surface area contributed by atoms with E-state index in [4.69, 9.17) is 15.6 Å². The maximum Gasteiger partial charge on any atom is 0.243 e. The molecule has 1 fully saturated rings. The molecule has 0 unspecified atom stereocenters. The number of carbonyl (C=O) groups is 1. The van der Waals surface area contributed by atoms with Gasteiger partial charge in [-0.15, -0.1) is 0 Å². The molecule has 1 saturated carbocycles. The predicted molar refractivity (Wildman–Crippen MR) is 134 cm³/mol. The summed E-state index contributed by atoms with van der Waals surface area (Å²) < 4.78 is 8.01. The molecule has 2 aromatic carbocycles. The number of pyridine rings is 1. The Hall–Kier alpha value is -4.13. The van der Waals surface area contributed by atoms with Gasteiger partial charge in [-0.25, -0.2) is 4.98 Å². The van der Waals surface area contributed by atoms with Crippen LogP contribution >= 0.6 is 0 Å². The van der Waals surface area contributed by atoms with Crippen LogP contribution in [0.15, 0.2) is 79.5 Å². The van der Waals surface area contributed by atoms with E-state index in [2.05, 4.69) is 21.6 Å². The number of hydrogen-bond acceptors (Lipinski definition) is 5. The van der Waals surface area contributed by atoms with Crippen LogP contribution < -0.4 is 15.8 Å². The Balaban J connectivity index is 1.42. The van der Waals surface area contributed by atoms with Gasteiger partial charge in [0.15, 0.2) is 0 Å². The molecule has 1 amide bonds. The largest absolute Gasteiger partial charge is 0.457 e. The molecule has 0 saturated heterocycles. The van der Waals surface area contributed by atoms with E-state index >= 15 is 0 Å². The molecule has 2 aromatic heterocycles. The fourth-order valence-electron chi connectivity index (χ4n) is 4.62. The summed E-state index contributed by atoms with van der Waals surface area (Å²) in [6.07, 6.45) is 6.69. The standard InChI is InChI=1S/C27H27N5O2/c1-2-24(33)30-19-10-12-20(13-11-19)32-23-16-17-29-27(28)25(23)26(31-32)18-8-14-22(15-9-18)34-21-6-4-3-5-7-21/h2-9,14-17,19-20H,1,10-13H2,(H2,28,29)(H,30,33). The number of fused-ring (bicyclic) bond motifs is 1. The Bertz CT molecular complexity index is 1310. The van der Waals surface area contributed by atoms with E-state index in [-0.39, 0.29) is 18.0 Å². The quantitative estimate of drug-likeness (QED) is 0.388. The summed E-state index contributed by atoms with van der Waals surface area (Å²) in [6, 6.07) is 19.9. The molecule has 172 valence electrons. The second-order valence-electron chi connectivity index (χ2n) is 8.54. The first-order chi connectivity index (χ1) is 16.6. The lowest BCUT2D eigenvalue weighted by molar-refractivity contribution is -0.117. The van der Waals surface area contributed by atoms with Gasteiger partial charge in [0.05, 0.1) is 16.9 Å². The van der Waals surface area contributed by atoms with Crippen molar-refractivity contribution in [3.05, 3.63) is 79.5 Å². The van der Waals surface area contributed by atoms with Crippen LogP contribution in [0, 0.1) is 0 Å². The first-order valence-electron chi connectivity index (χ1n) is 11.5. The average molecular weight is 454 g/mol. The molecule has 1 aliphatic carbocycles. The molecule has 7 heteroatoms. The number of rotatable bonds is 6. The van der Waals surface area contributed by atoms with E-state index in [9.17, 15) is 4.79 Å². The second kappa shape index (κ2) is 9.39. The normalized spacial score (nSPS) is 17.9. The van der Waals surface area contributed by atoms with Crippen LogP contribution in [-0.4, -0.2) is 26.7 Å². The Labute approximate surface area is 198 Å². The SMILES string of the molecule is C=CC(=O)NC1CCC(n2nc(-c3ccc(Oc4ccccc4)cc3)c3c(N)nccc32)CC1. The van der Waals surface area contributed by atoms with Crippen molar-refractivity contribution >= 4 is 22.6 Å². The number of nitrogens with one attached hydrogen (secondary N) is 1. The number of amides is 1. The van der Waals surface area contributed by atoms with Crippen molar-refractivity contribution in [2.45, 2.75) is 37.8 Å². The highest BCUT2D eigenvalue weighted by Crippen LogP contribution is 2.37. The molecule has 3 N–H and O–H groups in total. The molecule has 0 atom stereocenters. The van der Waals surface area contributed by atoms with Gasteiger partial charge in [-0.05, 0) is 74.2 Å². The number of carbonyl (C=O) groups excluding carboxylic acids is 1. The van der Waals surface area contributed by atoms with Gasteiger partial charge in [0, 0.05) is 17.8 Å². The van der Waals surface area contributed by atoms with Crippen LogP contribution in [0.5, 0.6) is 11.5 Å². The molecule has 0 spiro atoms. The maximum absolute atomic E-state index is 11.7. The monoisotopic (exact) mass is 453 g/mol. The number of nitrogen functional groups attached to an aromatic ring is 1. The van der Waals surface area contributed by atoms with Gasteiger partial charge in [0.2, 0.25) is 5.91 Å². The second-order valence-corrected chi connectivity index (χ2v) is 8.54. The van der Waals surface area contributed by atoms with E-state index in [1.807, 2.05) is 60.7 Å². The topological polar surface area (TPSA) is 95.1 Å². The molecule has 0 radical (unpaired) electrons. The van der Waals surface area contributed by atoms with Crippen molar-refractivity contribution in [2.24, 2.45) is 0 Å². The molecule has 34 heavy (non-hydrogen) atoms. The highest BCUT2D eigenvalue weighted by Gasteiger charge is 2.26. The van der Waals surface area contributed by atoms with Gasteiger partial charge in [-0.2, -0.15) is 5.10 Å². The van der Waals surface area contributed by atoms with E-state index < -0.39 is 0 Å². The lowest BCUT2D eigenvalue weighted by Gasteiger charge is -2.29. The Kier molecular flexibility index (Phi) is 5.99. The fraction of sp³-hybridized carbons (Fsp3) is 0.222. The molecule has 0 bridgehead atoms. The van der Waals surface area contributed by atoms with E-state index in [0.29, 0.717) is 5.82 Å². The summed E-state index contributed by atoms with van der Waals surface area (Å²) >= 11 is 0. The van der Waals surface area contributed by atoms with Gasteiger partial charge >= 0.3 is 0 Å². The molecule has 7 nitrogen and oxygen atoms in total. The van der Waals surface area contributed by atoms with Crippen molar-refractivity contribution in [3.63, 3.8) is 0 Å². The summed E-state index contributed by atoms with van der Waals surface area (Å²) in [5.41, 5.74) is 9.06. The van der Waals surface area contributed by atoms with E-state index in [1.165, 1.54) is 6.08 Å². The van der Waals surface area contributed by atoms with Crippen LogP contribution in [0.25, 0.3) is 22.2 Å². The molecule has 2 heterocycles. The summed E-state index contributed by atoms with van der Waals surface area (Å²) in [7, 11) is 0. The zero-order valence-corrected chi connectivity index (χ0v) is 18.9. The van der Waals surface area contributed by atoms with E-state index in [1.54, 1.807) is 6.20 Å². The third-order valence-electron chi connectivity index (χ3n) is 6.33. The summed E-state index contributed by atoms with van der Waals surface area (Å²) in [4.78, 5) is 16.0. The minimum Gasteiger partial charge on any atom is -0.457 e. The smallest absolute Gasteiger partial charge is 0.243 e. The first-order valence-corrected chi connectivity index (χ1v) is 11.5. The van der Waals surface area contributed by atoms with Crippen LogP contribution in [0.4, 0.5) is 5.82 Å². The molecule has 0 aliphatic heterocycles. The first kappa shape index (κ1) is 21.7. The van der Waals surface area contributed by atoms with E-state index in [0.717, 1.165) is 59.3 Å². The van der Waals surface area contributed by atoms with Crippen molar-refractivity contribution in [3.8, 4) is 22.8 Å². The average Bonchev–Trinajstić information content (AvgIpc) is 3.26. The molecular weight excluding hydrogens is 426 g/mol. The molecule has 1 aliphatic rings. The minimum absolute atomic E-state index is 0.117. The highest BCUT2D eigenvalue weighted by molar-refractivity contribution is 6.00.